The molecule has 0 atom stereocenters. The van der Waals surface area contributed by atoms with Crippen LogP contribution in [0.5, 0.6) is 0 Å². The van der Waals surface area contributed by atoms with E-state index in [1.165, 1.54) is 18.4 Å². The van der Waals surface area contributed by atoms with E-state index in [0.29, 0.717) is 6.61 Å². The summed E-state index contributed by atoms with van der Waals surface area (Å²) in [6.45, 7) is 3.72. The van der Waals surface area contributed by atoms with Crippen molar-refractivity contribution in [2.24, 2.45) is 10.9 Å². The lowest BCUT2D eigenvalue weighted by Crippen LogP contribution is -1.96. The fraction of sp³-hybridized carbons (Fsp3) is 0.462. The second kappa shape index (κ2) is 7.88. The lowest BCUT2D eigenvalue weighted by Gasteiger charge is -2.04. The van der Waals surface area contributed by atoms with E-state index in [4.69, 9.17) is 10.6 Å². The average molecular weight is 220 g/mol. The Kier molecular flexibility index (Phi) is 6.26. The zero-order valence-electron chi connectivity index (χ0n) is 9.86. The number of nitrogens with zero attached hydrogens (tertiary/aromatic N) is 1. The van der Waals surface area contributed by atoms with Crippen molar-refractivity contribution < 1.29 is 4.74 Å². The molecule has 88 valence electrons. The summed E-state index contributed by atoms with van der Waals surface area (Å²) >= 11 is 0. The van der Waals surface area contributed by atoms with E-state index in [1.54, 1.807) is 6.21 Å². The van der Waals surface area contributed by atoms with Crippen molar-refractivity contribution in [2.75, 3.05) is 6.61 Å². The van der Waals surface area contributed by atoms with Gasteiger partial charge >= 0.3 is 0 Å². The molecule has 3 nitrogen and oxygen atoms in total. The molecule has 1 rings (SSSR count). The monoisotopic (exact) mass is 220 g/mol. The molecule has 1 aromatic carbocycles. The van der Waals surface area contributed by atoms with Crippen LogP contribution in [0.2, 0.25) is 0 Å². The van der Waals surface area contributed by atoms with Crippen LogP contribution < -0.4 is 5.84 Å². The third-order valence-corrected chi connectivity index (χ3v) is 2.36. The Morgan fingerprint density at radius 3 is 2.62 bits per heavy atom. The molecular formula is C13H20N2O. The summed E-state index contributed by atoms with van der Waals surface area (Å²) in [6, 6.07) is 8.05. The first-order valence-electron chi connectivity index (χ1n) is 5.76. The molecule has 0 amide bonds. The van der Waals surface area contributed by atoms with Crippen LogP contribution in [0.1, 0.15) is 37.3 Å². The number of hydrogen-bond acceptors (Lipinski definition) is 3. The number of rotatable bonds is 7. The Bertz CT molecular complexity index is 306. The quantitative estimate of drug-likeness (QED) is 0.332. The van der Waals surface area contributed by atoms with Gasteiger partial charge in [-0.2, -0.15) is 5.10 Å². The Morgan fingerprint density at radius 1 is 1.25 bits per heavy atom. The van der Waals surface area contributed by atoms with E-state index in [-0.39, 0.29) is 0 Å². The molecular weight excluding hydrogens is 200 g/mol. The predicted molar refractivity (Wildman–Crippen MR) is 67.4 cm³/mol. The van der Waals surface area contributed by atoms with Gasteiger partial charge in [-0.05, 0) is 17.5 Å². The van der Waals surface area contributed by atoms with Gasteiger partial charge in [-0.1, -0.05) is 44.0 Å². The fourth-order valence-electron chi connectivity index (χ4n) is 1.43. The van der Waals surface area contributed by atoms with E-state index < -0.39 is 0 Å². The van der Waals surface area contributed by atoms with Gasteiger partial charge in [0.2, 0.25) is 0 Å². The van der Waals surface area contributed by atoms with Gasteiger partial charge in [-0.25, -0.2) is 0 Å². The first kappa shape index (κ1) is 12.7. The van der Waals surface area contributed by atoms with Crippen LogP contribution in [0, 0.1) is 0 Å². The molecule has 0 aliphatic carbocycles. The molecule has 0 bridgehead atoms. The van der Waals surface area contributed by atoms with Crippen LogP contribution in [-0.4, -0.2) is 12.8 Å². The number of unbranched alkanes of at least 4 members (excludes halogenated alkanes) is 2. The van der Waals surface area contributed by atoms with Gasteiger partial charge in [0.15, 0.2) is 0 Å². The molecule has 0 aliphatic heterocycles. The molecule has 0 heterocycles. The summed E-state index contributed by atoms with van der Waals surface area (Å²) < 4.78 is 5.56. The van der Waals surface area contributed by atoms with Gasteiger partial charge in [0.05, 0.1) is 12.8 Å². The zero-order chi connectivity index (χ0) is 11.6. The molecule has 0 saturated carbocycles. The normalized spacial score (nSPS) is 11.1. The number of hydrazone groups is 1. The van der Waals surface area contributed by atoms with Gasteiger partial charge in [0.1, 0.15) is 0 Å². The molecule has 0 radical (unpaired) electrons. The summed E-state index contributed by atoms with van der Waals surface area (Å²) in [5, 5.41) is 3.48. The first-order chi connectivity index (χ1) is 7.86. The van der Waals surface area contributed by atoms with Gasteiger partial charge in [0.25, 0.3) is 0 Å². The zero-order valence-corrected chi connectivity index (χ0v) is 9.86. The molecule has 3 heteroatoms. The summed E-state index contributed by atoms with van der Waals surface area (Å²) in [6.07, 6.45) is 5.25. The summed E-state index contributed by atoms with van der Waals surface area (Å²) in [5.74, 6) is 5.07. The molecule has 1 aromatic rings. The number of ether oxygens (including phenoxy) is 1. The Hall–Kier alpha value is -1.35. The van der Waals surface area contributed by atoms with Crippen LogP contribution >= 0.6 is 0 Å². The minimum absolute atomic E-state index is 0.684. The highest BCUT2D eigenvalue weighted by molar-refractivity contribution is 5.79. The van der Waals surface area contributed by atoms with Crippen LogP contribution in [0.25, 0.3) is 0 Å². The predicted octanol–water partition coefficient (Wildman–Crippen LogP) is 2.69. The van der Waals surface area contributed by atoms with Crippen molar-refractivity contribution in [1.82, 2.24) is 0 Å². The third kappa shape index (κ3) is 4.94. The van der Waals surface area contributed by atoms with E-state index in [0.717, 1.165) is 18.6 Å². The fourth-order valence-corrected chi connectivity index (χ4v) is 1.43. The highest BCUT2D eigenvalue weighted by atomic mass is 16.5. The molecule has 0 fully saturated rings. The van der Waals surface area contributed by atoms with Crippen molar-refractivity contribution in [3.8, 4) is 0 Å². The highest BCUT2D eigenvalue weighted by Crippen LogP contribution is 2.05. The largest absolute Gasteiger partial charge is 0.377 e. The Labute approximate surface area is 97.3 Å². The molecule has 2 N–H and O–H groups in total. The van der Waals surface area contributed by atoms with E-state index in [1.807, 2.05) is 24.3 Å². The van der Waals surface area contributed by atoms with Crippen LogP contribution in [0.3, 0.4) is 0 Å². The molecule has 0 saturated heterocycles. The van der Waals surface area contributed by atoms with Crippen molar-refractivity contribution in [3.05, 3.63) is 35.4 Å². The van der Waals surface area contributed by atoms with Crippen LogP contribution in [0.15, 0.2) is 29.4 Å². The lowest BCUT2D eigenvalue weighted by atomic mass is 10.1. The highest BCUT2D eigenvalue weighted by Gasteiger charge is 1.94. The van der Waals surface area contributed by atoms with E-state index in [2.05, 4.69) is 12.0 Å². The van der Waals surface area contributed by atoms with Crippen molar-refractivity contribution in [1.29, 1.82) is 0 Å². The summed E-state index contributed by atoms with van der Waals surface area (Å²) in [7, 11) is 0. The maximum Gasteiger partial charge on any atom is 0.0716 e. The topological polar surface area (TPSA) is 47.6 Å². The summed E-state index contributed by atoms with van der Waals surface area (Å²) in [5.41, 5.74) is 2.20. The van der Waals surface area contributed by atoms with Gasteiger partial charge < -0.3 is 10.6 Å². The molecule has 0 unspecified atom stereocenters. The number of hydrogen-bond donors (Lipinski definition) is 1. The molecule has 0 spiro atoms. The Balaban J connectivity index is 2.26. The van der Waals surface area contributed by atoms with Crippen molar-refractivity contribution >= 4 is 6.21 Å². The first-order valence-corrected chi connectivity index (χ1v) is 5.76. The van der Waals surface area contributed by atoms with Crippen molar-refractivity contribution in [3.63, 3.8) is 0 Å². The number of nitrogens with two attached hydrogens (primary N) is 1. The third-order valence-electron chi connectivity index (χ3n) is 2.36. The molecule has 0 aliphatic rings. The minimum Gasteiger partial charge on any atom is -0.377 e. The van der Waals surface area contributed by atoms with E-state index in [9.17, 15) is 0 Å². The van der Waals surface area contributed by atoms with Crippen LogP contribution in [0.4, 0.5) is 0 Å². The van der Waals surface area contributed by atoms with Gasteiger partial charge in [-0.15, -0.1) is 0 Å². The SMILES string of the molecule is CCCCCOCc1ccc(C=NN)cc1. The second-order valence-corrected chi connectivity index (χ2v) is 3.78. The molecule has 0 aromatic heterocycles. The lowest BCUT2D eigenvalue weighted by molar-refractivity contribution is 0.117. The van der Waals surface area contributed by atoms with Gasteiger partial charge in [-0.3, -0.25) is 0 Å². The maximum atomic E-state index is 5.56. The maximum absolute atomic E-state index is 5.56. The number of benzene rings is 1. The van der Waals surface area contributed by atoms with Crippen molar-refractivity contribution in [2.45, 2.75) is 32.8 Å². The second-order valence-electron chi connectivity index (χ2n) is 3.78. The smallest absolute Gasteiger partial charge is 0.0716 e. The summed E-state index contributed by atoms with van der Waals surface area (Å²) in [4.78, 5) is 0. The van der Waals surface area contributed by atoms with Crippen LogP contribution in [-0.2, 0) is 11.3 Å². The Morgan fingerprint density at radius 2 is 2.00 bits per heavy atom. The van der Waals surface area contributed by atoms with Gasteiger partial charge in [0, 0.05) is 6.61 Å². The van der Waals surface area contributed by atoms with E-state index >= 15 is 0 Å². The minimum atomic E-state index is 0.684. The standard InChI is InChI=1S/C13H20N2O/c1-2-3-4-9-16-11-13-7-5-12(6-8-13)10-15-14/h5-8,10H,2-4,9,11,14H2,1H3. The average Bonchev–Trinajstić information content (AvgIpc) is 2.31. The molecule has 16 heavy (non-hydrogen) atoms.